The topological polar surface area (TPSA) is 0 Å². The molecule has 2 aromatic carbocycles. The van der Waals surface area contributed by atoms with Crippen molar-refractivity contribution in [3.8, 4) is 0 Å². The Labute approximate surface area is 167 Å². The molecule has 0 aliphatic rings. The molecule has 2 atom stereocenters. The van der Waals surface area contributed by atoms with E-state index >= 15 is 0 Å². The van der Waals surface area contributed by atoms with E-state index in [1.165, 1.54) is 49.7 Å². The lowest BCUT2D eigenvalue weighted by atomic mass is 9.89. The van der Waals surface area contributed by atoms with Gasteiger partial charge in [-0.3, -0.25) is 0 Å². The Bertz CT molecular complexity index is 638. The van der Waals surface area contributed by atoms with Crippen LogP contribution in [0.25, 0.3) is 0 Å². The van der Waals surface area contributed by atoms with E-state index in [1.807, 2.05) is 6.08 Å². The van der Waals surface area contributed by atoms with Gasteiger partial charge >= 0.3 is 0 Å². The normalized spacial score (nSPS) is 13.5. The smallest absolute Gasteiger partial charge is 0.00179 e. The van der Waals surface area contributed by atoms with Crippen LogP contribution in [0.3, 0.4) is 0 Å². The van der Waals surface area contributed by atoms with Gasteiger partial charge in [0.25, 0.3) is 0 Å². The zero-order chi connectivity index (χ0) is 19.2. The number of unbranched alkanes of at least 4 members (excludes halogenated alkanes) is 3. The highest BCUT2D eigenvalue weighted by molar-refractivity contribution is 5.25. The van der Waals surface area contributed by atoms with Gasteiger partial charge < -0.3 is 0 Å². The Balaban J connectivity index is 1.98. The van der Waals surface area contributed by atoms with Crippen LogP contribution in [-0.2, 0) is 0 Å². The summed E-state index contributed by atoms with van der Waals surface area (Å²) in [6.45, 7) is 6.11. The third-order valence-corrected chi connectivity index (χ3v) is 5.35. The van der Waals surface area contributed by atoms with Crippen LogP contribution in [0.4, 0.5) is 0 Å². The first-order chi connectivity index (χ1) is 13.3. The van der Waals surface area contributed by atoms with E-state index in [9.17, 15) is 0 Å². The summed E-state index contributed by atoms with van der Waals surface area (Å²) in [5.74, 6) is 1.17. The van der Waals surface area contributed by atoms with Crippen molar-refractivity contribution < 1.29 is 0 Å². The molecule has 0 spiro atoms. The molecule has 0 heteroatoms. The predicted octanol–water partition coefficient (Wildman–Crippen LogP) is 8.44. The van der Waals surface area contributed by atoms with Gasteiger partial charge in [-0.25, -0.2) is 0 Å². The second-order valence-corrected chi connectivity index (χ2v) is 7.50. The van der Waals surface area contributed by atoms with Crippen LogP contribution in [-0.4, -0.2) is 0 Å². The second kappa shape index (κ2) is 13.1. The zero-order valence-electron chi connectivity index (χ0n) is 17.0. The van der Waals surface area contributed by atoms with Crippen LogP contribution in [0.2, 0.25) is 0 Å². The van der Waals surface area contributed by atoms with E-state index in [4.69, 9.17) is 0 Å². The van der Waals surface area contributed by atoms with Gasteiger partial charge in [-0.1, -0.05) is 105 Å². The minimum absolute atomic E-state index is 0.535. The van der Waals surface area contributed by atoms with Crippen molar-refractivity contribution in [3.63, 3.8) is 0 Å². The standard InChI is InChI=1S/C27H36/c1-3-5-6-7-10-17-27(26-20-13-9-14-21-26)23-15-22-24(16-4-2)25-18-11-8-12-19-25/h3,8-9,11-15,18-21,23-24,27H,1,4-7,10,16-17,22H2,2H3. The van der Waals surface area contributed by atoms with Crippen LogP contribution in [0.1, 0.15) is 81.3 Å². The summed E-state index contributed by atoms with van der Waals surface area (Å²) in [6.07, 6.45) is 16.8. The molecule has 0 saturated heterocycles. The molecule has 144 valence electrons. The summed E-state index contributed by atoms with van der Waals surface area (Å²) in [5, 5.41) is 0. The number of hydrogen-bond donors (Lipinski definition) is 0. The monoisotopic (exact) mass is 360 g/mol. The predicted molar refractivity (Wildman–Crippen MR) is 120 cm³/mol. The number of rotatable bonds is 13. The van der Waals surface area contributed by atoms with Crippen LogP contribution in [0, 0.1) is 0 Å². The molecule has 0 heterocycles. The Hall–Kier alpha value is -2.08. The van der Waals surface area contributed by atoms with Crippen molar-refractivity contribution in [2.75, 3.05) is 0 Å². The van der Waals surface area contributed by atoms with Gasteiger partial charge in [-0.05, 0) is 49.1 Å². The summed E-state index contributed by atoms with van der Waals surface area (Å²) < 4.78 is 0. The maximum Gasteiger partial charge on any atom is 0.00179 e. The van der Waals surface area contributed by atoms with Crippen molar-refractivity contribution in [2.45, 2.75) is 70.1 Å². The van der Waals surface area contributed by atoms with Crippen molar-refractivity contribution in [2.24, 2.45) is 0 Å². The van der Waals surface area contributed by atoms with Crippen molar-refractivity contribution in [1.29, 1.82) is 0 Å². The SMILES string of the molecule is C=CCCCCCC(C=CCC(CCC)c1ccccc1)c1ccccc1. The number of hydrogen-bond acceptors (Lipinski definition) is 0. The molecule has 0 aromatic heterocycles. The molecule has 0 N–H and O–H groups in total. The largest absolute Gasteiger partial charge is 0.103 e. The molecule has 27 heavy (non-hydrogen) atoms. The number of allylic oxidation sites excluding steroid dienone is 3. The fraction of sp³-hybridized carbons (Fsp3) is 0.407. The highest BCUT2D eigenvalue weighted by Crippen LogP contribution is 2.28. The van der Waals surface area contributed by atoms with Gasteiger partial charge in [-0.2, -0.15) is 0 Å². The fourth-order valence-corrected chi connectivity index (χ4v) is 3.81. The Morgan fingerprint density at radius 2 is 1.48 bits per heavy atom. The fourth-order valence-electron chi connectivity index (χ4n) is 3.81. The molecule has 2 unspecified atom stereocenters. The molecule has 0 aliphatic carbocycles. The van der Waals surface area contributed by atoms with Crippen LogP contribution in [0.5, 0.6) is 0 Å². The van der Waals surface area contributed by atoms with Crippen molar-refractivity contribution in [1.82, 2.24) is 0 Å². The molecule has 0 bridgehead atoms. The molecule has 0 radical (unpaired) electrons. The van der Waals surface area contributed by atoms with Crippen molar-refractivity contribution >= 4 is 0 Å². The molecular weight excluding hydrogens is 324 g/mol. The summed E-state index contributed by atoms with van der Waals surface area (Å²) in [7, 11) is 0. The summed E-state index contributed by atoms with van der Waals surface area (Å²) in [4.78, 5) is 0. The lowest BCUT2D eigenvalue weighted by molar-refractivity contribution is 0.604. The quantitative estimate of drug-likeness (QED) is 0.248. The Morgan fingerprint density at radius 1 is 0.815 bits per heavy atom. The van der Waals surface area contributed by atoms with Gasteiger partial charge in [0.15, 0.2) is 0 Å². The van der Waals surface area contributed by atoms with Crippen LogP contribution in [0.15, 0.2) is 85.5 Å². The average Bonchev–Trinajstić information content (AvgIpc) is 2.73. The Kier molecular flexibility index (Phi) is 10.3. The Morgan fingerprint density at radius 3 is 2.11 bits per heavy atom. The van der Waals surface area contributed by atoms with Gasteiger partial charge in [0.1, 0.15) is 0 Å². The first-order valence-electron chi connectivity index (χ1n) is 10.7. The van der Waals surface area contributed by atoms with E-state index in [0.29, 0.717) is 11.8 Å². The van der Waals surface area contributed by atoms with Crippen LogP contribution >= 0.6 is 0 Å². The molecule has 0 saturated carbocycles. The summed E-state index contributed by atoms with van der Waals surface area (Å²) in [6, 6.07) is 22.0. The summed E-state index contributed by atoms with van der Waals surface area (Å²) in [5.41, 5.74) is 2.92. The molecule has 2 rings (SSSR count). The van der Waals surface area contributed by atoms with E-state index < -0.39 is 0 Å². The van der Waals surface area contributed by atoms with E-state index in [0.717, 1.165) is 12.8 Å². The molecule has 2 aromatic rings. The molecule has 0 amide bonds. The van der Waals surface area contributed by atoms with E-state index in [1.54, 1.807) is 0 Å². The maximum absolute atomic E-state index is 3.83. The zero-order valence-corrected chi connectivity index (χ0v) is 17.0. The maximum atomic E-state index is 3.83. The first kappa shape index (κ1) is 21.2. The first-order valence-corrected chi connectivity index (χ1v) is 10.7. The third kappa shape index (κ3) is 7.99. The molecule has 0 fully saturated rings. The lowest BCUT2D eigenvalue weighted by Crippen LogP contribution is -1.99. The van der Waals surface area contributed by atoms with Crippen molar-refractivity contribution in [3.05, 3.63) is 96.6 Å². The average molecular weight is 361 g/mol. The summed E-state index contributed by atoms with van der Waals surface area (Å²) >= 11 is 0. The van der Waals surface area contributed by atoms with E-state index in [2.05, 4.69) is 86.3 Å². The molecule has 0 nitrogen and oxygen atoms in total. The highest BCUT2D eigenvalue weighted by Gasteiger charge is 2.10. The third-order valence-electron chi connectivity index (χ3n) is 5.35. The van der Waals surface area contributed by atoms with Gasteiger partial charge in [0.05, 0.1) is 0 Å². The minimum Gasteiger partial charge on any atom is -0.103 e. The van der Waals surface area contributed by atoms with Gasteiger partial charge in [0.2, 0.25) is 0 Å². The molecule has 0 aliphatic heterocycles. The van der Waals surface area contributed by atoms with Crippen LogP contribution < -0.4 is 0 Å². The second-order valence-electron chi connectivity index (χ2n) is 7.50. The minimum atomic E-state index is 0.535. The van der Waals surface area contributed by atoms with Gasteiger partial charge in [-0.15, -0.1) is 6.58 Å². The highest BCUT2D eigenvalue weighted by atomic mass is 14.2. The molecular formula is C27H36. The lowest BCUT2D eigenvalue weighted by Gasteiger charge is -2.16. The van der Waals surface area contributed by atoms with E-state index in [-0.39, 0.29) is 0 Å². The number of benzene rings is 2. The van der Waals surface area contributed by atoms with Gasteiger partial charge in [0, 0.05) is 5.92 Å².